The number of benzene rings is 2. The minimum absolute atomic E-state index is 0.0422. The Morgan fingerprint density at radius 3 is 2.59 bits per heavy atom. The molecule has 1 aliphatic heterocycles. The first-order valence-corrected chi connectivity index (χ1v) is 10.8. The van der Waals surface area contributed by atoms with Crippen LogP contribution in [0.2, 0.25) is 4.34 Å². The molecule has 0 bridgehead atoms. The van der Waals surface area contributed by atoms with Crippen molar-refractivity contribution in [3.05, 3.63) is 80.5 Å². The summed E-state index contributed by atoms with van der Waals surface area (Å²) in [6.07, 6.45) is 2.98. The molecule has 0 spiro atoms. The van der Waals surface area contributed by atoms with Crippen LogP contribution in [-0.4, -0.2) is 18.4 Å². The number of carbonyl (C=O) groups is 2. The predicted molar refractivity (Wildman–Crippen MR) is 120 cm³/mol. The van der Waals surface area contributed by atoms with Gasteiger partial charge in [-0.25, -0.2) is 0 Å². The largest absolute Gasteiger partial charge is 0.322 e. The van der Waals surface area contributed by atoms with E-state index in [1.54, 1.807) is 41.7 Å². The van der Waals surface area contributed by atoms with Crippen LogP contribution < -0.4 is 10.2 Å². The summed E-state index contributed by atoms with van der Waals surface area (Å²) in [7, 11) is 0. The fraction of sp³-hybridized carbons (Fsp3) is 0.217. The summed E-state index contributed by atoms with van der Waals surface area (Å²) < 4.78 is 0.712. The molecule has 0 saturated heterocycles. The van der Waals surface area contributed by atoms with Gasteiger partial charge in [-0.1, -0.05) is 29.8 Å². The Kier molecular flexibility index (Phi) is 5.69. The lowest BCUT2D eigenvalue weighted by Crippen LogP contribution is -2.31. The van der Waals surface area contributed by atoms with Crippen molar-refractivity contribution in [1.82, 2.24) is 0 Å². The average Bonchev–Trinajstić information content (AvgIpc) is 2.97. The van der Waals surface area contributed by atoms with Crippen LogP contribution in [0.5, 0.6) is 0 Å². The number of nitrogens with one attached hydrogen (secondary N) is 1. The van der Waals surface area contributed by atoms with E-state index >= 15 is 0 Å². The van der Waals surface area contributed by atoms with Gasteiger partial charge in [0.05, 0.1) is 10.0 Å². The maximum Gasteiger partial charge on any atom is 0.258 e. The second kappa shape index (κ2) is 8.39. The summed E-state index contributed by atoms with van der Waals surface area (Å²) in [5, 5.41) is 2.89. The molecule has 6 heteroatoms. The lowest BCUT2D eigenvalue weighted by atomic mass is 10.1. The summed E-state index contributed by atoms with van der Waals surface area (Å²) in [5.74, 6) is -0.202. The van der Waals surface area contributed by atoms with Crippen LogP contribution in [0.1, 0.15) is 44.0 Å². The maximum atomic E-state index is 13.1. The number of aryl methyl sites for hydroxylation is 2. The van der Waals surface area contributed by atoms with E-state index < -0.39 is 0 Å². The molecule has 4 nitrogen and oxygen atoms in total. The number of hydrogen-bond donors (Lipinski definition) is 1. The van der Waals surface area contributed by atoms with E-state index in [1.165, 1.54) is 4.88 Å². The van der Waals surface area contributed by atoms with Crippen molar-refractivity contribution in [3.63, 3.8) is 0 Å². The average molecular weight is 425 g/mol. The molecule has 1 aliphatic rings. The highest BCUT2D eigenvalue weighted by Crippen LogP contribution is 2.37. The molecular formula is C23H21ClN2O2S. The van der Waals surface area contributed by atoms with Gasteiger partial charge in [-0.15, -0.1) is 11.3 Å². The standard InChI is InChI=1S/C23H21ClN2O2S/c1-15-6-2-3-7-18(15)22(27)25-17-11-9-16(10-12-17)23(28)26-13-5-4-8-20-19(26)14-21(24)29-20/h2-3,6-7,9-12,14H,4-5,8,13H2,1H3,(H,25,27). The summed E-state index contributed by atoms with van der Waals surface area (Å²) in [4.78, 5) is 28.6. The second-order valence-corrected chi connectivity index (χ2v) is 8.89. The molecule has 29 heavy (non-hydrogen) atoms. The topological polar surface area (TPSA) is 49.4 Å². The second-order valence-electron chi connectivity index (χ2n) is 7.12. The molecule has 2 aromatic carbocycles. The molecule has 2 amide bonds. The maximum absolute atomic E-state index is 13.1. The fourth-order valence-electron chi connectivity index (χ4n) is 3.56. The van der Waals surface area contributed by atoms with Crippen LogP contribution in [-0.2, 0) is 6.42 Å². The normalized spacial score (nSPS) is 13.5. The molecule has 0 unspecified atom stereocenters. The number of halogens is 1. The molecule has 1 N–H and O–H groups in total. The van der Waals surface area contributed by atoms with Crippen LogP contribution in [0.15, 0.2) is 54.6 Å². The lowest BCUT2D eigenvalue weighted by Gasteiger charge is -2.21. The minimum atomic E-state index is -0.160. The predicted octanol–water partition coefficient (Wildman–Crippen LogP) is 5.95. The molecule has 148 valence electrons. The van der Waals surface area contributed by atoms with Crippen molar-refractivity contribution < 1.29 is 9.59 Å². The van der Waals surface area contributed by atoms with Crippen LogP contribution >= 0.6 is 22.9 Å². The fourth-order valence-corrected chi connectivity index (χ4v) is 4.87. The molecule has 2 heterocycles. The van der Waals surface area contributed by atoms with Gasteiger partial charge in [-0.3, -0.25) is 9.59 Å². The third kappa shape index (κ3) is 4.21. The van der Waals surface area contributed by atoms with Gasteiger partial charge in [-0.2, -0.15) is 0 Å². The third-order valence-corrected chi connectivity index (χ3v) is 6.42. The van der Waals surface area contributed by atoms with E-state index in [2.05, 4.69) is 5.32 Å². The Balaban J connectivity index is 1.51. The van der Waals surface area contributed by atoms with E-state index in [9.17, 15) is 9.59 Å². The van der Waals surface area contributed by atoms with E-state index in [0.29, 0.717) is 27.7 Å². The van der Waals surface area contributed by atoms with E-state index in [0.717, 1.165) is 30.5 Å². The Bertz CT molecular complexity index is 1060. The number of anilines is 2. The molecule has 3 aromatic rings. The van der Waals surface area contributed by atoms with Crippen molar-refractivity contribution in [2.75, 3.05) is 16.8 Å². The minimum Gasteiger partial charge on any atom is -0.322 e. The summed E-state index contributed by atoms with van der Waals surface area (Å²) in [6, 6.07) is 16.4. The molecule has 1 aromatic heterocycles. The van der Waals surface area contributed by atoms with Gasteiger partial charge in [0.1, 0.15) is 0 Å². The molecule has 0 aliphatic carbocycles. The smallest absolute Gasteiger partial charge is 0.258 e. The number of fused-ring (bicyclic) bond motifs is 1. The van der Waals surface area contributed by atoms with E-state index in [-0.39, 0.29) is 11.8 Å². The van der Waals surface area contributed by atoms with Gasteiger partial charge in [0.15, 0.2) is 0 Å². The number of amides is 2. The number of rotatable bonds is 3. The lowest BCUT2D eigenvalue weighted by molar-refractivity contribution is 0.0985. The monoisotopic (exact) mass is 424 g/mol. The zero-order valence-electron chi connectivity index (χ0n) is 16.1. The van der Waals surface area contributed by atoms with E-state index in [1.807, 2.05) is 36.1 Å². The van der Waals surface area contributed by atoms with Crippen LogP contribution in [0.4, 0.5) is 11.4 Å². The first-order valence-electron chi connectivity index (χ1n) is 9.60. The van der Waals surface area contributed by atoms with Gasteiger partial charge in [-0.05, 0) is 68.1 Å². The zero-order chi connectivity index (χ0) is 20.4. The summed E-state index contributed by atoms with van der Waals surface area (Å²) in [5.41, 5.74) is 3.74. The quantitative estimate of drug-likeness (QED) is 0.565. The number of thiophene rings is 1. The third-order valence-electron chi connectivity index (χ3n) is 5.11. The highest BCUT2D eigenvalue weighted by molar-refractivity contribution is 7.16. The van der Waals surface area contributed by atoms with Crippen molar-refractivity contribution >= 4 is 46.1 Å². The van der Waals surface area contributed by atoms with Crippen molar-refractivity contribution in [3.8, 4) is 0 Å². The number of carbonyl (C=O) groups excluding carboxylic acids is 2. The van der Waals surface area contributed by atoms with Gasteiger partial charge in [0, 0.05) is 28.2 Å². The molecule has 0 saturated carbocycles. The number of nitrogens with zero attached hydrogens (tertiary/aromatic N) is 1. The van der Waals surface area contributed by atoms with Crippen molar-refractivity contribution in [1.29, 1.82) is 0 Å². The summed E-state index contributed by atoms with van der Waals surface area (Å²) in [6.45, 7) is 2.59. The highest BCUT2D eigenvalue weighted by atomic mass is 35.5. The van der Waals surface area contributed by atoms with Gasteiger partial charge >= 0.3 is 0 Å². The van der Waals surface area contributed by atoms with Crippen LogP contribution in [0, 0.1) is 6.92 Å². The first kappa shape index (κ1) is 19.7. The summed E-state index contributed by atoms with van der Waals surface area (Å²) >= 11 is 7.74. The first-order chi connectivity index (χ1) is 14.0. The van der Waals surface area contributed by atoms with Crippen LogP contribution in [0.3, 0.4) is 0 Å². The van der Waals surface area contributed by atoms with Gasteiger partial charge in [0.25, 0.3) is 11.8 Å². The molecule has 0 radical (unpaired) electrons. The molecular weight excluding hydrogens is 404 g/mol. The van der Waals surface area contributed by atoms with Crippen molar-refractivity contribution in [2.24, 2.45) is 0 Å². The molecule has 0 atom stereocenters. The highest BCUT2D eigenvalue weighted by Gasteiger charge is 2.24. The Morgan fingerprint density at radius 1 is 1.07 bits per heavy atom. The van der Waals surface area contributed by atoms with Crippen LogP contribution in [0.25, 0.3) is 0 Å². The zero-order valence-corrected chi connectivity index (χ0v) is 17.6. The molecule has 4 rings (SSSR count). The SMILES string of the molecule is Cc1ccccc1C(=O)Nc1ccc(C(=O)N2CCCCc3sc(Cl)cc32)cc1. The molecule has 0 fully saturated rings. The number of hydrogen-bond acceptors (Lipinski definition) is 3. The van der Waals surface area contributed by atoms with E-state index in [4.69, 9.17) is 11.6 Å². The van der Waals surface area contributed by atoms with Gasteiger partial charge < -0.3 is 10.2 Å². The Labute approximate surface area is 179 Å². The van der Waals surface area contributed by atoms with Crippen molar-refractivity contribution in [2.45, 2.75) is 26.2 Å². The van der Waals surface area contributed by atoms with Gasteiger partial charge in [0.2, 0.25) is 0 Å². The Morgan fingerprint density at radius 2 is 1.83 bits per heavy atom. The Hall–Kier alpha value is -2.63.